The molecule has 1 aliphatic heterocycles. The molecule has 0 saturated heterocycles. The lowest BCUT2D eigenvalue weighted by atomic mass is 10.0. The molecule has 0 spiro atoms. The summed E-state index contributed by atoms with van der Waals surface area (Å²) in [5.41, 5.74) is 3.96. The van der Waals surface area contributed by atoms with Crippen molar-refractivity contribution in [1.82, 2.24) is 0 Å². The van der Waals surface area contributed by atoms with Gasteiger partial charge < -0.3 is 10.1 Å². The zero-order chi connectivity index (χ0) is 13.2. The second-order valence-electron chi connectivity index (χ2n) is 4.74. The second kappa shape index (κ2) is 4.66. The highest BCUT2D eigenvalue weighted by atomic mass is 16.5. The fraction of sp³-hybridized carbons (Fsp3) is 0.188. The van der Waals surface area contributed by atoms with Gasteiger partial charge in [-0.25, -0.2) is 0 Å². The molecule has 0 bridgehead atoms. The molecule has 0 saturated carbocycles. The molecule has 1 N–H and O–H groups in total. The number of fused-ring (bicyclic) bond motifs is 1. The normalized spacial score (nSPS) is 16.7. The van der Waals surface area contributed by atoms with Crippen molar-refractivity contribution in [2.75, 3.05) is 11.9 Å². The highest BCUT2D eigenvalue weighted by molar-refractivity contribution is 5.62. The molecule has 3 rings (SSSR count). The third kappa shape index (κ3) is 2.25. The van der Waals surface area contributed by atoms with Gasteiger partial charge >= 0.3 is 0 Å². The van der Waals surface area contributed by atoms with Crippen LogP contribution in [0.15, 0.2) is 42.5 Å². The van der Waals surface area contributed by atoms with Crippen molar-refractivity contribution in [2.24, 2.45) is 0 Å². The van der Waals surface area contributed by atoms with Crippen LogP contribution in [0, 0.1) is 18.3 Å². The van der Waals surface area contributed by atoms with Gasteiger partial charge in [0.1, 0.15) is 12.4 Å². The van der Waals surface area contributed by atoms with Crippen molar-refractivity contribution >= 4 is 5.69 Å². The minimum atomic E-state index is 0.126. The fourth-order valence-electron chi connectivity index (χ4n) is 2.31. The Hall–Kier alpha value is -2.47. The van der Waals surface area contributed by atoms with Crippen LogP contribution in [0.5, 0.6) is 5.75 Å². The molecule has 0 fully saturated rings. The van der Waals surface area contributed by atoms with Crippen LogP contribution in [-0.4, -0.2) is 6.61 Å². The van der Waals surface area contributed by atoms with Crippen molar-refractivity contribution in [1.29, 1.82) is 5.26 Å². The maximum Gasteiger partial charge on any atom is 0.142 e. The van der Waals surface area contributed by atoms with E-state index in [0.29, 0.717) is 12.2 Å². The first-order valence-electron chi connectivity index (χ1n) is 6.26. The van der Waals surface area contributed by atoms with Gasteiger partial charge in [0.15, 0.2) is 0 Å². The summed E-state index contributed by atoms with van der Waals surface area (Å²) in [5.74, 6) is 0.808. The Morgan fingerprint density at radius 2 is 2.16 bits per heavy atom. The molecule has 2 aromatic rings. The van der Waals surface area contributed by atoms with Crippen LogP contribution in [0.1, 0.15) is 22.7 Å². The number of hydrogen-bond acceptors (Lipinski definition) is 3. The third-order valence-electron chi connectivity index (χ3n) is 3.29. The average molecular weight is 250 g/mol. The van der Waals surface area contributed by atoms with Gasteiger partial charge in [-0.1, -0.05) is 29.8 Å². The summed E-state index contributed by atoms with van der Waals surface area (Å²) < 4.78 is 5.76. The van der Waals surface area contributed by atoms with Gasteiger partial charge in [-0.15, -0.1) is 0 Å². The molecule has 1 aliphatic rings. The number of hydrogen-bond donors (Lipinski definition) is 1. The zero-order valence-electron chi connectivity index (χ0n) is 10.7. The highest BCUT2D eigenvalue weighted by Gasteiger charge is 2.20. The Morgan fingerprint density at radius 1 is 1.26 bits per heavy atom. The predicted octanol–water partition coefficient (Wildman–Crippen LogP) is 3.41. The number of nitrogens with one attached hydrogen (secondary N) is 1. The molecule has 19 heavy (non-hydrogen) atoms. The Bertz CT molecular complexity index is 658. The Balaban J connectivity index is 1.91. The maximum atomic E-state index is 8.94. The van der Waals surface area contributed by atoms with E-state index in [1.165, 1.54) is 11.1 Å². The molecule has 3 nitrogen and oxygen atoms in total. The van der Waals surface area contributed by atoms with Crippen molar-refractivity contribution in [3.05, 3.63) is 59.2 Å². The first-order valence-corrected chi connectivity index (χ1v) is 6.26. The minimum Gasteiger partial charge on any atom is -0.489 e. The minimum absolute atomic E-state index is 0.126. The number of ether oxygens (including phenoxy) is 1. The highest BCUT2D eigenvalue weighted by Crippen LogP contribution is 2.34. The molecule has 0 radical (unpaired) electrons. The lowest BCUT2D eigenvalue weighted by Gasteiger charge is -2.28. The van der Waals surface area contributed by atoms with Crippen molar-refractivity contribution in [3.8, 4) is 11.8 Å². The van der Waals surface area contributed by atoms with Crippen molar-refractivity contribution in [3.63, 3.8) is 0 Å². The number of benzene rings is 2. The van der Waals surface area contributed by atoms with Gasteiger partial charge in [-0.05, 0) is 30.7 Å². The van der Waals surface area contributed by atoms with Crippen molar-refractivity contribution in [2.45, 2.75) is 13.0 Å². The van der Waals surface area contributed by atoms with Crippen molar-refractivity contribution < 1.29 is 4.74 Å². The summed E-state index contributed by atoms with van der Waals surface area (Å²) in [6, 6.07) is 16.1. The maximum absolute atomic E-state index is 8.94. The molecule has 0 amide bonds. The fourth-order valence-corrected chi connectivity index (χ4v) is 2.31. The van der Waals surface area contributed by atoms with Crippen LogP contribution >= 0.6 is 0 Å². The predicted molar refractivity (Wildman–Crippen MR) is 74.2 cm³/mol. The summed E-state index contributed by atoms with van der Waals surface area (Å²) in [7, 11) is 0. The first-order chi connectivity index (χ1) is 9.26. The second-order valence-corrected chi connectivity index (χ2v) is 4.74. The average Bonchev–Trinajstić information content (AvgIpc) is 2.46. The summed E-state index contributed by atoms with van der Waals surface area (Å²) in [4.78, 5) is 0. The molecule has 0 aliphatic carbocycles. The molecule has 1 atom stereocenters. The molecule has 1 heterocycles. The van der Waals surface area contributed by atoms with E-state index in [2.05, 4.69) is 36.5 Å². The molecular formula is C16H14N2O. The Labute approximate surface area is 112 Å². The monoisotopic (exact) mass is 250 g/mol. The van der Waals surface area contributed by atoms with Gasteiger partial charge in [0.05, 0.1) is 23.4 Å². The Morgan fingerprint density at radius 3 is 2.95 bits per heavy atom. The molecular weight excluding hydrogens is 236 g/mol. The number of anilines is 1. The van der Waals surface area contributed by atoms with Crippen LogP contribution in [0.2, 0.25) is 0 Å². The molecule has 94 valence electrons. The van der Waals surface area contributed by atoms with Gasteiger partial charge in [0.2, 0.25) is 0 Å². The van der Waals surface area contributed by atoms with Crippen LogP contribution < -0.4 is 10.1 Å². The van der Waals surface area contributed by atoms with E-state index >= 15 is 0 Å². The largest absolute Gasteiger partial charge is 0.489 e. The standard InChI is InChI=1S/C16H14N2O/c1-11-3-2-4-13(7-11)15-10-19-16-6-5-12(9-17)8-14(16)18-15/h2-8,15,18H,10H2,1H3. The van der Waals surface area contributed by atoms with Gasteiger partial charge in [0.25, 0.3) is 0 Å². The zero-order valence-corrected chi connectivity index (χ0v) is 10.7. The van der Waals surface area contributed by atoms with E-state index in [0.717, 1.165) is 11.4 Å². The van der Waals surface area contributed by atoms with E-state index in [9.17, 15) is 0 Å². The van der Waals surface area contributed by atoms with E-state index in [-0.39, 0.29) is 6.04 Å². The van der Waals surface area contributed by atoms with Crippen LogP contribution in [-0.2, 0) is 0 Å². The first kappa shape index (κ1) is 11.6. The van der Waals surface area contributed by atoms with Gasteiger partial charge in [-0.3, -0.25) is 0 Å². The Kier molecular flexibility index (Phi) is 2.85. The molecule has 1 unspecified atom stereocenters. The third-order valence-corrected chi connectivity index (χ3v) is 3.29. The van der Waals surface area contributed by atoms with Crippen LogP contribution in [0.25, 0.3) is 0 Å². The molecule has 3 heteroatoms. The number of nitrogens with zero attached hydrogens (tertiary/aromatic N) is 1. The smallest absolute Gasteiger partial charge is 0.142 e. The van der Waals surface area contributed by atoms with Gasteiger partial charge in [0, 0.05) is 0 Å². The van der Waals surface area contributed by atoms with E-state index in [4.69, 9.17) is 10.00 Å². The topological polar surface area (TPSA) is 45.0 Å². The molecule has 0 aromatic heterocycles. The molecule has 2 aromatic carbocycles. The SMILES string of the molecule is Cc1cccc(C2COc3ccc(C#N)cc3N2)c1. The lowest BCUT2D eigenvalue weighted by Crippen LogP contribution is -2.24. The summed E-state index contributed by atoms with van der Waals surface area (Å²) in [6.07, 6.45) is 0. The number of rotatable bonds is 1. The van der Waals surface area contributed by atoms with Crippen LogP contribution in [0.4, 0.5) is 5.69 Å². The quantitative estimate of drug-likeness (QED) is 0.843. The van der Waals surface area contributed by atoms with E-state index in [1.807, 2.05) is 18.2 Å². The summed E-state index contributed by atoms with van der Waals surface area (Å²) >= 11 is 0. The van der Waals surface area contributed by atoms with Crippen LogP contribution in [0.3, 0.4) is 0 Å². The summed E-state index contributed by atoms with van der Waals surface area (Å²) in [5, 5.41) is 12.4. The van der Waals surface area contributed by atoms with E-state index < -0.39 is 0 Å². The number of aryl methyl sites for hydroxylation is 1. The summed E-state index contributed by atoms with van der Waals surface area (Å²) in [6.45, 7) is 2.68. The lowest BCUT2D eigenvalue weighted by molar-refractivity contribution is 0.286. The number of nitriles is 1. The van der Waals surface area contributed by atoms with Gasteiger partial charge in [-0.2, -0.15) is 5.26 Å². The van der Waals surface area contributed by atoms with E-state index in [1.54, 1.807) is 6.07 Å².